The zero-order chi connectivity index (χ0) is 28.0. The molecule has 200 valence electrons. The van der Waals surface area contributed by atoms with Gasteiger partial charge in [0.2, 0.25) is 15.8 Å². The topological polar surface area (TPSA) is 153 Å². The molecule has 3 aromatic carbocycles. The van der Waals surface area contributed by atoms with Crippen molar-refractivity contribution in [2.75, 3.05) is 0 Å². The van der Waals surface area contributed by atoms with Crippen LogP contribution in [0.3, 0.4) is 0 Å². The van der Waals surface area contributed by atoms with E-state index in [-0.39, 0.29) is 23.6 Å². The minimum absolute atomic E-state index is 0.0688. The van der Waals surface area contributed by atoms with Crippen LogP contribution in [0.4, 0.5) is 0 Å². The van der Waals surface area contributed by atoms with E-state index in [2.05, 4.69) is 15.1 Å². The highest BCUT2D eigenvalue weighted by molar-refractivity contribution is 7.89. The Morgan fingerprint density at radius 3 is 2.13 bits per heavy atom. The van der Waals surface area contributed by atoms with E-state index < -0.39 is 33.7 Å². The van der Waals surface area contributed by atoms with Gasteiger partial charge in [0.1, 0.15) is 11.7 Å². The summed E-state index contributed by atoms with van der Waals surface area (Å²) in [5.41, 5.74) is 7.93. The van der Waals surface area contributed by atoms with Crippen molar-refractivity contribution in [2.24, 2.45) is 5.73 Å². The number of amides is 2. The number of aromatic nitrogens is 2. The lowest BCUT2D eigenvalue weighted by Gasteiger charge is -2.17. The van der Waals surface area contributed by atoms with E-state index in [4.69, 9.17) is 5.73 Å². The van der Waals surface area contributed by atoms with Crippen molar-refractivity contribution in [3.8, 4) is 5.69 Å². The lowest BCUT2D eigenvalue weighted by Crippen LogP contribution is -2.47. The van der Waals surface area contributed by atoms with Crippen LogP contribution in [0.15, 0.2) is 95.9 Å². The van der Waals surface area contributed by atoms with E-state index in [0.29, 0.717) is 16.9 Å². The number of nitrogens with two attached hydrogens (primary N) is 1. The molecular weight excluding hydrogens is 518 g/mol. The van der Waals surface area contributed by atoms with Crippen molar-refractivity contribution in [2.45, 2.75) is 30.8 Å². The zero-order valence-electron chi connectivity index (χ0n) is 21.1. The molecule has 0 spiro atoms. The quantitative estimate of drug-likeness (QED) is 0.245. The van der Waals surface area contributed by atoms with Crippen molar-refractivity contribution in [1.29, 1.82) is 0 Å². The number of nitrogens with one attached hydrogen (secondary N) is 2. The summed E-state index contributed by atoms with van der Waals surface area (Å²) in [6.07, 6.45) is 0.0923. The largest absolute Gasteiger partial charge is 0.363 e. The smallest absolute Gasteiger partial charge is 0.287 e. The molecular formula is C28H27N5O5S. The van der Waals surface area contributed by atoms with Gasteiger partial charge in [0.25, 0.3) is 11.8 Å². The molecule has 0 bridgehead atoms. The van der Waals surface area contributed by atoms with Gasteiger partial charge in [0.05, 0.1) is 16.3 Å². The Kier molecular flexibility index (Phi) is 8.33. The van der Waals surface area contributed by atoms with Crippen molar-refractivity contribution in [1.82, 2.24) is 19.8 Å². The molecule has 4 aromatic rings. The molecule has 0 fully saturated rings. The van der Waals surface area contributed by atoms with Gasteiger partial charge in [-0.1, -0.05) is 60.7 Å². The first kappa shape index (κ1) is 27.4. The minimum atomic E-state index is -3.66. The third-order valence-corrected chi connectivity index (χ3v) is 7.33. The van der Waals surface area contributed by atoms with Crippen molar-refractivity contribution < 1.29 is 22.8 Å². The van der Waals surface area contributed by atoms with Crippen LogP contribution in [-0.4, -0.2) is 41.8 Å². The predicted octanol–water partition coefficient (Wildman–Crippen LogP) is 2.05. The van der Waals surface area contributed by atoms with Gasteiger partial charge < -0.3 is 11.1 Å². The van der Waals surface area contributed by atoms with Crippen LogP contribution in [0, 0.1) is 6.92 Å². The third kappa shape index (κ3) is 6.83. The number of primary amides is 1. The Labute approximate surface area is 225 Å². The molecule has 0 unspecified atom stereocenters. The number of carbonyl (C=O) groups is 3. The van der Waals surface area contributed by atoms with Crippen LogP contribution >= 0.6 is 0 Å². The van der Waals surface area contributed by atoms with Gasteiger partial charge in [0, 0.05) is 13.0 Å². The number of hydrogen-bond acceptors (Lipinski definition) is 6. The first-order chi connectivity index (χ1) is 18.6. The average Bonchev–Trinajstić information content (AvgIpc) is 3.34. The summed E-state index contributed by atoms with van der Waals surface area (Å²) < 4.78 is 28.9. The Morgan fingerprint density at radius 2 is 1.51 bits per heavy atom. The van der Waals surface area contributed by atoms with Crippen molar-refractivity contribution in [3.63, 3.8) is 0 Å². The summed E-state index contributed by atoms with van der Waals surface area (Å²) in [5, 5.41) is 7.02. The molecule has 2 amide bonds. The molecule has 11 heteroatoms. The van der Waals surface area contributed by atoms with Gasteiger partial charge in [0.15, 0.2) is 0 Å². The highest BCUT2D eigenvalue weighted by Crippen LogP contribution is 2.16. The first-order valence-corrected chi connectivity index (χ1v) is 13.5. The van der Waals surface area contributed by atoms with Gasteiger partial charge >= 0.3 is 0 Å². The molecule has 1 heterocycles. The Morgan fingerprint density at radius 1 is 0.897 bits per heavy atom. The first-order valence-electron chi connectivity index (χ1n) is 12.0. The SMILES string of the molecule is Cc1cc(C(=O)N[C@@H](Cc2ccccc2)C(=O)C(N)=O)n(-c2ccc(CNS(=O)(=O)c3ccccc3)cc2)n1. The number of aryl methyl sites for hydroxylation is 1. The molecule has 10 nitrogen and oxygen atoms in total. The summed E-state index contributed by atoms with van der Waals surface area (Å²) in [6, 6.07) is 24.3. The molecule has 0 radical (unpaired) electrons. The number of hydrogen-bond donors (Lipinski definition) is 3. The number of carbonyl (C=O) groups excluding carboxylic acids is 3. The summed E-state index contributed by atoms with van der Waals surface area (Å²) in [4.78, 5) is 37.5. The van der Waals surface area contributed by atoms with E-state index in [0.717, 1.165) is 5.56 Å². The Bertz CT molecular complexity index is 1580. The molecule has 0 saturated carbocycles. The molecule has 1 aromatic heterocycles. The zero-order valence-corrected chi connectivity index (χ0v) is 21.9. The second-order valence-electron chi connectivity index (χ2n) is 8.83. The third-order valence-electron chi connectivity index (χ3n) is 5.91. The van der Waals surface area contributed by atoms with Crippen LogP contribution in [-0.2, 0) is 32.6 Å². The summed E-state index contributed by atoms with van der Waals surface area (Å²) in [5.74, 6) is -2.65. The van der Waals surface area contributed by atoms with Crippen LogP contribution in [0.2, 0.25) is 0 Å². The maximum Gasteiger partial charge on any atom is 0.287 e. The molecule has 39 heavy (non-hydrogen) atoms. The minimum Gasteiger partial charge on any atom is -0.363 e. The molecule has 4 N–H and O–H groups in total. The van der Waals surface area contributed by atoms with E-state index in [1.165, 1.54) is 16.8 Å². The number of ketones is 1. The molecule has 4 rings (SSSR count). The van der Waals surface area contributed by atoms with Crippen LogP contribution in [0.25, 0.3) is 5.69 Å². The maximum absolute atomic E-state index is 13.2. The van der Waals surface area contributed by atoms with E-state index in [1.807, 2.05) is 6.07 Å². The summed E-state index contributed by atoms with van der Waals surface area (Å²) in [6.45, 7) is 1.79. The average molecular weight is 546 g/mol. The Hall–Kier alpha value is -4.61. The van der Waals surface area contributed by atoms with E-state index >= 15 is 0 Å². The molecule has 0 aliphatic rings. The summed E-state index contributed by atoms with van der Waals surface area (Å²) >= 11 is 0. The summed E-state index contributed by atoms with van der Waals surface area (Å²) in [7, 11) is -3.66. The van der Waals surface area contributed by atoms with E-state index in [1.54, 1.807) is 79.7 Å². The lowest BCUT2D eigenvalue weighted by molar-refractivity contribution is -0.137. The number of Topliss-reactive ketones (excluding diaryl/α,β-unsaturated/α-hetero) is 1. The number of benzene rings is 3. The maximum atomic E-state index is 13.2. The number of sulfonamides is 1. The molecule has 0 aliphatic heterocycles. The van der Waals surface area contributed by atoms with E-state index in [9.17, 15) is 22.8 Å². The Balaban J connectivity index is 1.51. The molecule has 0 saturated heterocycles. The van der Waals surface area contributed by atoms with Crippen LogP contribution in [0.5, 0.6) is 0 Å². The lowest BCUT2D eigenvalue weighted by atomic mass is 10.0. The normalized spacial score (nSPS) is 12.0. The van der Waals surface area contributed by atoms with Gasteiger partial charge in [-0.2, -0.15) is 5.10 Å². The molecule has 0 aliphatic carbocycles. The number of nitrogens with zero attached hydrogens (tertiary/aromatic N) is 2. The van der Waals surface area contributed by atoms with Gasteiger partial charge in [-0.15, -0.1) is 0 Å². The standard InChI is InChI=1S/C28H27N5O5S/c1-19-16-25(28(36)31-24(26(34)27(29)35)17-20-8-4-2-5-9-20)33(32-19)22-14-12-21(13-15-22)18-30-39(37,38)23-10-6-3-7-11-23/h2-16,24,30H,17-18H2,1H3,(H2,29,35)(H,31,36)/t24-/m0/s1. The van der Waals surface area contributed by atoms with Crippen molar-refractivity contribution in [3.05, 3.63) is 114 Å². The van der Waals surface area contributed by atoms with Crippen LogP contribution in [0.1, 0.15) is 27.3 Å². The predicted molar refractivity (Wildman–Crippen MR) is 144 cm³/mol. The fraction of sp³-hybridized carbons (Fsp3) is 0.143. The van der Waals surface area contributed by atoms with Gasteiger partial charge in [-0.05, 0) is 48.4 Å². The fourth-order valence-corrected chi connectivity index (χ4v) is 4.98. The van der Waals surface area contributed by atoms with Crippen molar-refractivity contribution >= 4 is 27.6 Å². The molecule has 1 atom stereocenters. The highest BCUT2D eigenvalue weighted by Gasteiger charge is 2.27. The monoisotopic (exact) mass is 545 g/mol. The fourth-order valence-electron chi connectivity index (χ4n) is 3.94. The number of rotatable bonds is 11. The van der Waals surface area contributed by atoms with Gasteiger partial charge in [-0.25, -0.2) is 17.8 Å². The highest BCUT2D eigenvalue weighted by atomic mass is 32.2. The second kappa shape index (κ2) is 11.8. The second-order valence-corrected chi connectivity index (χ2v) is 10.6. The van der Waals surface area contributed by atoms with Crippen LogP contribution < -0.4 is 15.8 Å². The van der Waals surface area contributed by atoms with Gasteiger partial charge in [-0.3, -0.25) is 14.4 Å².